The van der Waals surface area contributed by atoms with E-state index in [1.54, 1.807) is 0 Å². The first-order chi connectivity index (χ1) is 9.15. The first-order valence-corrected chi connectivity index (χ1v) is 7.28. The molecule has 0 saturated carbocycles. The van der Waals surface area contributed by atoms with Crippen molar-refractivity contribution in [2.75, 3.05) is 0 Å². The first-order valence-electron chi connectivity index (χ1n) is 6.11. The highest BCUT2D eigenvalue weighted by molar-refractivity contribution is 9.10. The standard InChI is InChI=1S/C15H13BrClNO/c16-11-7-9(5-6-12(11)17)15-8-13(18)10-3-1-2-4-14(10)19-15/h1-7,13,15H,8,18H2/t13-,15?/m0/s1. The average Bonchev–Trinajstić information content (AvgIpc) is 2.42. The number of fused-ring (bicyclic) bond motifs is 1. The predicted molar refractivity (Wildman–Crippen MR) is 80.5 cm³/mol. The Kier molecular flexibility index (Phi) is 3.52. The van der Waals surface area contributed by atoms with E-state index in [0.717, 1.165) is 27.8 Å². The predicted octanol–water partition coefficient (Wildman–Crippen LogP) is 4.63. The molecule has 0 fully saturated rings. The maximum atomic E-state index is 6.22. The molecule has 19 heavy (non-hydrogen) atoms. The summed E-state index contributed by atoms with van der Waals surface area (Å²) < 4.78 is 6.92. The second-order valence-corrected chi connectivity index (χ2v) is 5.92. The van der Waals surface area contributed by atoms with Gasteiger partial charge in [-0.1, -0.05) is 35.9 Å². The summed E-state index contributed by atoms with van der Waals surface area (Å²) in [5.74, 6) is 0.873. The summed E-state index contributed by atoms with van der Waals surface area (Å²) in [5, 5.41) is 0.698. The Labute approximate surface area is 125 Å². The number of rotatable bonds is 1. The van der Waals surface area contributed by atoms with Crippen LogP contribution < -0.4 is 10.5 Å². The van der Waals surface area contributed by atoms with Crippen LogP contribution in [-0.2, 0) is 0 Å². The quantitative estimate of drug-likeness (QED) is 0.823. The van der Waals surface area contributed by atoms with Gasteiger partial charge < -0.3 is 10.5 Å². The molecule has 1 unspecified atom stereocenters. The van der Waals surface area contributed by atoms with E-state index in [1.807, 2.05) is 42.5 Å². The van der Waals surface area contributed by atoms with Gasteiger partial charge in [-0.05, 0) is 39.7 Å². The molecule has 2 atom stereocenters. The normalized spacial score (nSPS) is 21.6. The summed E-state index contributed by atoms with van der Waals surface area (Å²) in [5.41, 5.74) is 8.38. The third-order valence-electron chi connectivity index (χ3n) is 3.37. The van der Waals surface area contributed by atoms with Crippen LogP contribution in [0.15, 0.2) is 46.9 Å². The molecule has 0 radical (unpaired) electrons. The van der Waals surface area contributed by atoms with Gasteiger partial charge in [-0.15, -0.1) is 0 Å². The largest absolute Gasteiger partial charge is 0.485 e. The molecule has 0 spiro atoms. The smallest absolute Gasteiger partial charge is 0.126 e. The summed E-state index contributed by atoms with van der Waals surface area (Å²) in [6, 6.07) is 13.8. The van der Waals surface area contributed by atoms with Crippen LogP contribution in [0.4, 0.5) is 0 Å². The van der Waals surface area contributed by atoms with Gasteiger partial charge in [-0.2, -0.15) is 0 Å². The fourth-order valence-electron chi connectivity index (χ4n) is 2.37. The molecule has 0 saturated heterocycles. The summed E-state index contributed by atoms with van der Waals surface area (Å²) in [6.45, 7) is 0. The van der Waals surface area contributed by atoms with Gasteiger partial charge in [0, 0.05) is 22.5 Å². The molecule has 2 N–H and O–H groups in total. The SMILES string of the molecule is N[C@H]1CC(c2ccc(Cl)c(Br)c2)Oc2ccccc21. The van der Waals surface area contributed by atoms with E-state index in [-0.39, 0.29) is 12.1 Å². The number of para-hydroxylation sites is 1. The number of benzene rings is 2. The lowest BCUT2D eigenvalue weighted by Crippen LogP contribution is -2.24. The van der Waals surface area contributed by atoms with Gasteiger partial charge in [0.1, 0.15) is 11.9 Å². The summed E-state index contributed by atoms with van der Waals surface area (Å²) in [7, 11) is 0. The van der Waals surface area contributed by atoms with Crippen molar-refractivity contribution in [3.05, 3.63) is 63.1 Å². The van der Waals surface area contributed by atoms with E-state index in [9.17, 15) is 0 Å². The summed E-state index contributed by atoms with van der Waals surface area (Å²) in [6.07, 6.45) is 0.740. The van der Waals surface area contributed by atoms with Crippen LogP contribution in [0, 0.1) is 0 Å². The molecule has 0 aliphatic carbocycles. The number of halogens is 2. The van der Waals surface area contributed by atoms with Crippen LogP contribution in [0.25, 0.3) is 0 Å². The lowest BCUT2D eigenvalue weighted by atomic mass is 9.94. The zero-order valence-electron chi connectivity index (χ0n) is 10.1. The Morgan fingerprint density at radius 3 is 2.79 bits per heavy atom. The number of hydrogen-bond donors (Lipinski definition) is 1. The first kappa shape index (κ1) is 13.0. The van der Waals surface area contributed by atoms with Crippen LogP contribution >= 0.6 is 27.5 Å². The van der Waals surface area contributed by atoms with Crippen LogP contribution in [0.2, 0.25) is 5.02 Å². The van der Waals surface area contributed by atoms with Crippen molar-refractivity contribution >= 4 is 27.5 Å². The molecular formula is C15H13BrClNO. The van der Waals surface area contributed by atoms with Crippen LogP contribution in [0.1, 0.15) is 29.7 Å². The molecule has 0 amide bonds. The maximum absolute atomic E-state index is 6.22. The molecule has 98 valence electrons. The molecular weight excluding hydrogens is 326 g/mol. The zero-order chi connectivity index (χ0) is 13.4. The minimum atomic E-state index is -0.0292. The van der Waals surface area contributed by atoms with E-state index in [4.69, 9.17) is 22.1 Å². The monoisotopic (exact) mass is 337 g/mol. The second kappa shape index (κ2) is 5.16. The van der Waals surface area contributed by atoms with Gasteiger partial charge in [-0.25, -0.2) is 0 Å². The Morgan fingerprint density at radius 2 is 2.00 bits per heavy atom. The van der Waals surface area contributed by atoms with Crippen molar-refractivity contribution in [2.45, 2.75) is 18.6 Å². The number of hydrogen-bond acceptors (Lipinski definition) is 2. The highest BCUT2D eigenvalue weighted by Crippen LogP contribution is 2.40. The zero-order valence-corrected chi connectivity index (χ0v) is 12.5. The Bertz CT molecular complexity index is 617. The van der Waals surface area contributed by atoms with E-state index < -0.39 is 0 Å². The van der Waals surface area contributed by atoms with E-state index >= 15 is 0 Å². The van der Waals surface area contributed by atoms with Gasteiger partial charge in [0.2, 0.25) is 0 Å². The fraction of sp³-hybridized carbons (Fsp3) is 0.200. The second-order valence-electron chi connectivity index (χ2n) is 4.66. The van der Waals surface area contributed by atoms with Crippen molar-refractivity contribution in [1.82, 2.24) is 0 Å². The summed E-state index contributed by atoms with van der Waals surface area (Å²) in [4.78, 5) is 0. The molecule has 0 bridgehead atoms. The van der Waals surface area contributed by atoms with Crippen molar-refractivity contribution in [1.29, 1.82) is 0 Å². The molecule has 2 nitrogen and oxygen atoms in total. The van der Waals surface area contributed by atoms with Crippen LogP contribution in [-0.4, -0.2) is 0 Å². The molecule has 1 aliphatic rings. The molecule has 4 heteroatoms. The highest BCUT2D eigenvalue weighted by atomic mass is 79.9. The van der Waals surface area contributed by atoms with Gasteiger partial charge in [0.05, 0.1) is 5.02 Å². The van der Waals surface area contributed by atoms with Crippen molar-refractivity contribution < 1.29 is 4.74 Å². The maximum Gasteiger partial charge on any atom is 0.126 e. The Balaban J connectivity index is 1.94. The van der Waals surface area contributed by atoms with Crippen LogP contribution in [0.5, 0.6) is 5.75 Å². The molecule has 0 aromatic heterocycles. The topological polar surface area (TPSA) is 35.2 Å². The van der Waals surface area contributed by atoms with E-state index in [0.29, 0.717) is 5.02 Å². The van der Waals surface area contributed by atoms with Crippen molar-refractivity contribution in [2.24, 2.45) is 5.73 Å². The van der Waals surface area contributed by atoms with Gasteiger partial charge in [0.25, 0.3) is 0 Å². The molecule has 3 rings (SSSR count). The average molecular weight is 339 g/mol. The van der Waals surface area contributed by atoms with Crippen molar-refractivity contribution in [3.8, 4) is 5.75 Å². The minimum Gasteiger partial charge on any atom is -0.485 e. The van der Waals surface area contributed by atoms with Gasteiger partial charge >= 0.3 is 0 Å². The van der Waals surface area contributed by atoms with E-state index in [2.05, 4.69) is 15.9 Å². The van der Waals surface area contributed by atoms with Crippen molar-refractivity contribution in [3.63, 3.8) is 0 Å². The minimum absolute atomic E-state index is 0.00408. The van der Waals surface area contributed by atoms with Gasteiger partial charge in [-0.3, -0.25) is 0 Å². The van der Waals surface area contributed by atoms with Crippen LogP contribution in [0.3, 0.4) is 0 Å². The highest BCUT2D eigenvalue weighted by Gasteiger charge is 2.26. The molecule has 2 aromatic rings. The Morgan fingerprint density at radius 1 is 1.21 bits per heavy atom. The fourth-order valence-corrected chi connectivity index (χ4v) is 2.88. The summed E-state index contributed by atoms with van der Waals surface area (Å²) >= 11 is 9.46. The molecule has 1 heterocycles. The number of ether oxygens (including phenoxy) is 1. The third kappa shape index (κ3) is 2.50. The Hall–Kier alpha value is -1.03. The lowest BCUT2D eigenvalue weighted by Gasteiger charge is -2.30. The number of nitrogens with two attached hydrogens (primary N) is 1. The third-order valence-corrected chi connectivity index (χ3v) is 4.59. The molecule has 1 aliphatic heterocycles. The molecule has 2 aromatic carbocycles. The van der Waals surface area contributed by atoms with E-state index in [1.165, 1.54) is 0 Å². The lowest BCUT2D eigenvalue weighted by molar-refractivity contribution is 0.161. The van der Waals surface area contributed by atoms with Gasteiger partial charge in [0.15, 0.2) is 0 Å².